The van der Waals surface area contributed by atoms with Gasteiger partial charge in [0.15, 0.2) is 9.84 Å². The molecular weight excluding hydrogens is 218 g/mol. The highest BCUT2D eigenvalue weighted by molar-refractivity contribution is 7.92. The van der Waals surface area contributed by atoms with E-state index in [2.05, 4.69) is 11.9 Å². The Hall–Kier alpha value is -0.880. The Balaban J connectivity index is 4.25. The number of hydrogen-bond donors (Lipinski definition) is 2. The minimum absolute atomic E-state index is 0.0337. The van der Waals surface area contributed by atoms with Gasteiger partial charge >= 0.3 is 0 Å². The Bertz CT molecular complexity index is 310. The summed E-state index contributed by atoms with van der Waals surface area (Å²) < 4.78 is 22.8. The van der Waals surface area contributed by atoms with Gasteiger partial charge in [-0.1, -0.05) is 6.08 Å². The molecule has 0 aromatic heterocycles. The fraction of sp³-hybridized carbons (Fsp3) is 0.667. The number of aliphatic hydroxyl groups is 1. The second kappa shape index (κ2) is 6.58. The predicted octanol–water partition coefficient (Wildman–Crippen LogP) is -0.526. The van der Waals surface area contributed by atoms with Gasteiger partial charge in [0.1, 0.15) is 5.25 Å². The van der Waals surface area contributed by atoms with Gasteiger partial charge in [0, 0.05) is 13.2 Å². The summed E-state index contributed by atoms with van der Waals surface area (Å²) in [4.78, 5) is 11.3. The second-order valence-corrected chi connectivity index (χ2v) is 5.49. The summed E-state index contributed by atoms with van der Waals surface area (Å²) in [5.74, 6) is -0.744. The molecule has 0 radical (unpaired) electrons. The molecule has 2 N–H and O–H groups in total. The molecule has 0 aromatic carbocycles. The van der Waals surface area contributed by atoms with Gasteiger partial charge in [0.2, 0.25) is 5.91 Å². The number of carbonyl (C=O) groups excluding carboxylic acids is 1. The quantitative estimate of drug-likeness (QED) is 0.459. The van der Waals surface area contributed by atoms with Crippen LogP contribution in [0.1, 0.15) is 13.3 Å². The van der Waals surface area contributed by atoms with Crippen LogP contribution in [0, 0.1) is 0 Å². The Kier molecular flexibility index (Phi) is 6.19. The van der Waals surface area contributed by atoms with Crippen LogP contribution >= 0.6 is 0 Å². The summed E-state index contributed by atoms with van der Waals surface area (Å²) in [6, 6.07) is 0. The van der Waals surface area contributed by atoms with Crippen molar-refractivity contribution in [3.8, 4) is 0 Å². The molecular formula is C9H17NO4S. The van der Waals surface area contributed by atoms with Gasteiger partial charge in [-0.15, -0.1) is 6.58 Å². The summed E-state index contributed by atoms with van der Waals surface area (Å²) in [5.41, 5.74) is 0. The van der Waals surface area contributed by atoms with E-state index < -0.39 is 21.0 Å². The third-order valence-corrected chi connectivity index (χ3v) is 3.88. The highest BCUT2D eigenvalue weighted by Gasteiger charge is 2.26. The van der Waals surface area contributed by atoms with E-state index in [1.807, 2.05) is 0 Å². The average molecular weight is 235 g/mol. The van der Waals surface area contributed by atoms with E-state index in [4.69, 9.17) is 5.11 Å². The van der Waals surface area contributed by atoms with Crippen molar-refractivity contribution in [1.29, 1.82) is 0 Å². The molecule has 0 aliphatic rings. The van der Waals surface area contributed by atoms with Crippen LogP contribution in [0.2, 0.25) is 0 Å². The molecule has 1 atom stereocenters. The minimum atomic E-state index is -3.44. The summed E-state index contributed by atoms with van der Waals surface area (Å²) in [7, 11) is -3.44. The first-order valence-electron chi connectivity index (χ1n) is 4.66. The molecule has 15 heavy (non-hydrogen) atoms. The van der Waals surface area contributed by atoms with Crippen LogP contribution in [0.25, 0.3) is 0 Å². The smallest absolute Gasteiger partial charge is 0.238 e. The second-order valence-electron chi connectivity index (χ2n) is 3.13. The maximum Gasteiger partial charge on any atom is 0.238 e. The van der Waals surface area contributed by atoms with E-state index in [9.17, 15) is 13.2 Å². The predicted molar refractivity (Wildman–Crippen MR) is 58.2 cm³/mol. The molecule has 0 saturated heterocycles. The third kappa shape index (κ3) is 4.94. The van der Waals surface area contributed by atoms with Gasteiger partial charge in [0.05, 0.1) is 5.75 Å². The Labute approximate surface area is 90.1 Å². The van der Waals surface area contributed by atoms with E-state index in [0.717, 1.165) is 0 Å². The number of rotatable bonds is 7. The van der Waals surface area contributed by atoms with E-state index in [1.165, 1.54) is 13.0 Å². The van der Waals surface area contributed by atoms with Crippen LogP contribution in [0.4, 0.5) is 0 Å². The number of aliphatic hydroxyl groups excluding tert-OH is 1. The molecule has 0 bridgehead atoms. The molecule has 0 saturated carbocycles. The highest BCUT2D eigenvalue weighted by atomic mass is 32.2. The van der Waals surface area contributed by atoms with Crippen molar-refractivity contribution in [2.24, 2.45) is 0 Å². The largest absolute Gasteiger partial charge is 0.396 e. The number of hydrogen-bond acceptors (Lipinski definition) is 4. The van der Waals surface area contributed by atoms with Crippen molar-refractivity contribution >= 4 is 15.7 Å². The Morgan fingerprint density at radius 1 is 1.60 bits per heavy atom. The summed E-state index contributed by atoms with van der Waals surface area (Å²) >= 11 is 0. The molecule has 5 nitrogen and oxygen atoms in total. The molecule has 0 aliphatic heterocycles. The van der Waals surface area contributed by atoms with Gasteiger partial charge in [0.25, 0.3) is 0 Å². The Morgan fingerprint density at radius 2 is 2.20 bits per heavy atom. The van der Waals surface area contributed by atoms with Crippen LogP contribution in [0.3, 0.4) is 0 Å². The Morgan fingerprint density at radius 3 is 2.67 bits per heavy atom. The summed E-state index contributed by atoms with van der Waals surface area (Å²) in [5, 5.41) is 9.84. The lowest BCUT2D eigenvalue weighted by molar-refractivity contribution is -0.120. The number of amides is 1. The van der Waals surface area contributed by atoms with Crippen LogP contribution in [0.15, 0.2) is 12.7 Å². The van der Waals surface area contributed by atoms with E-state index >= 15 is 0 Å². The molecule has 0 aliphatic carbocycles. The standard InChI is InChI=1S/C9H17NO4S/c1-3-7-15(13,14)8(2)9(12)10-5-4-6-11/h3,8,11H,1,4-7H2,2H3,(H,10,12). The molecule has 0 aromatic rings. The van der Waals surface area contributed by atoms with Crippen LogP contribution in [-0.2, 0) is 14.6 Å². The maximum absolute atomic E-state index is 11.4. The molecule has 0 heterocycles. The topological polar surface area (TPSA) is 83.5 Å². The molecule has 88 valence electrons. The molecule has 6 heteroatoms. The van der Waals surface area contributed by atoms with Crippen molar-refractivity contribution in [3.05, 3.63) is 12.7 Å². The SMILES string of the molecule is C=CCS(=O)(=O)C(C)C(=O)NCCCO. The van der Waals surface area contributed by atoms with Crippen molar-refractivity contribution in [3.63, 3.8) is 0 Å². The first kappa shape index (κ1) is 14.1. The lowest BCUT2D eigenvalue weighted by Gasteiger charge is -2.11. The van der Waals surface area contributed by atoms with Crippen LogP contribution in [0.5, 0.6) is 0 Å². The zero-order valence-electron chi connectivity index (χ0n) is 8.77. The van der Waals surface area contributed by atoms with Crippen LogP contribution < -0.4 is 5.32 Å². The third-order valence-electron chi connectivity index (χ3n) is 1.89. The fourth-order valence-electron chi connectivity index (χ4n) is 0.906. The monoisotopic (exact) mass is 235 g/mol. The summed E-state index contributed by atoms with van der Waals surface area (Å²) in [6.07, 6.45) is 1.67. The number of carbonyl (C=O) groups is 1. The van der Waals surface area contributed by atoms with Crippen molar-refractivity contribution < 1.29 is 18.3 Å². The van der Waals surface area contributed by atoms with Gasteiger partial charge < -0.3 is 10.4 Å². The van der Waals surface area contributed by atoms with E-state index in [-0.39, 0.29) is 18.9 Å². The van der Waals surface area contributed by atoms with Gasteiger partial charge in [-0.3, -0.25) is 4.79 Å². The lowest BCUT2D eigenvalue weighted by Crippen LogP contribution is -2.39. The maximum atomic E-state index is 11.4. The van der Waals surface area contributed by atoms with E-state index in [1.54, 1.807) is 0 Å². The number of sulfone groups is 1. The molecule has 0 spiro atoms. The van der Waals surface area contributed by atoms with Crippen molar-refractivity contribution in [1.82, 2.24) is 5.32 Å². The van der Waals surface area contributed by atoms with E-state index in [0.29, 0.717) is 6.42 Å². The van der Waals surface area contributed by atoms with Crippen molar-refractivity contribution in [2.45, 2.75) is 18.6 Å². The molecule has 0 rings (SSSR count). The zero-order chi connectivity index (χ0) is 11.9. The average Bonchev–Trinajstić information content (AvgIpc) is 2.16. The summed E-state index contributed by atoms with van der Waals surface area (Å²) in [6.45, 7) is 4.91. The fourth-order valence-corrected chi connectivity index (χ4v) is 1.93. The minimum Gasteiger partial charge on any atom is -0.396 e. The van der Waals surface area contributed by atoms with Gasteiger partial charge in [-0.2, -0.15) is 0 Å². The normalized spacial score (nSPS) is 13.2. The molecule has 1 unspecified atom stereocenters. The molecule has 1 amide bonds. The lowest BCUT2D eigenvalue weighted by atomic mass is 10.4. The molecule has 0 fully saturated rings. The van der Waals surface area contributed by atoms with Gasteiger partial charge in [-0.05, 0) is 13.3 Å². The van der Waals surface area contributed by atoms with Crippen molar-refractivity contribution in [2.75, 3.05) is 18.9 Å². The zero-order valence-corrected chi connectivity index (χ0v) is 9.59. The first-order chi connectivity index (χ1) is 6.95. The highest BCUT2D eigenvalue weighted by Crippen LogP contribution is 2.02. The number of nitrogens with one attached hydrogen (secondary N) is 1. The van der Waals surface area contributed by atoms with Gasteiger partial charge in [-0.25, -0.2) is 8.42 Å². The van der Waals surface area contributed by atoms with Crippen LogP contribution in [-0.4, -0.2) is 43.6 Å². The first-order valence-corrected chi connectivity index (χ1v) is 6.38.